The zero-order valence-corrected chi connectivity index (χ0v) is 37.7. The van der Waals surface area contributed by atoms with Gasteiger partial charge in [0.15, 0.2) is 23.8 Å². The number of esters is 2. The molecule has 4 amide bonds. The second-order valence-electron chi connectivity index (χ2n) is 16.4. The lowest BCUT2D eigenvalue weighted by atomic mass is 9.94. The van der Waals surface area contributed by atoms with Gasteiger partial charge in [-0.3, -0.25) is 20.3 Å². The fourth-order valence-corrected chi connectivity index (χ4v) is 6.12. The lowest BCUT2D eigenvalue weighted by molar-refractivity contribution is -0.168. The summed E-state index contributed by atoms with van der Waals surface area (Å²) in [5.41, 5.74) is -0.0642. The van der Waals surface area contributed by atoms with Gasteiger partial charge >= 0.3 is 29.9 Å². The average Bonchev–Trinajstić information content (AvgIpc) is 4.03. The quantitative estimate of drug-likeness (QED) is 0.0249. The van der Waals surface area contributed by atoms with Gasteiger partial charge in [-0.25, -0.2) is 29.0 Å². The number of carbonyl (C=O) groups is 6. The average molecular weight is 913 g/mol. The van der Waals surface area contributed by atoms with Gasteiger partial charge in [0.2, 0.25) is 6.29 Å². The number of pyridine rings is 1. The predicted octanol–water partition coefficient (Wildman–Crippen LogP) is 6.49. The Balaban J connectivity index is 1.32. The maximum absolute atomic E-state index is 14.2. The second-order valence-corrected chi connectivity index (χ2v) is 16.4. The van der Waals surface area contributed by atoms with E-state index in [0.717, 1.165) is 12.8 Å². The summed E-state index contributed by atoms with van der Waals surface area (Å²) in [4.78, 5) is 94.8. The maximum Gasteiger partial charge on any atom is 0.519 e. The number of aromatic nitrogens is 1. The van der Waals surface area contributed by atoms with E-state index in [1.54, 1.807) is 34.6 Å². The molecule has 2 aromatic carbocycles. The number of amides is 4. The lowest BCUT2D eigenvalue weighted by Gasteiger charge is -2.25. The Morgan fingerprint density at radius 1 is 0.939 bits per heavy atom. The van der Waals surface area contributed by atoms with E-state index in [1.807, 2.05) is 0 Å². The number of nitrogens with zero attached hydrogens (tertiary/aromatic N) is 1. The summed E-state index contributed by atoms with van der Waals surface area (Å²) in [6, 6.07) is 10.6. The zero-order valence-electron chi connectivity index (χ0n) is 37.7. The highest BCUT2D eigenvalue weighted by Crippen LogP contribution is 2.35. The molecule has 0 radical (unpaired) electrons. The van der Waals surface area contributed by atoms with Gasteiger partial charge in [-0.05, 0) is 101 Å². The first-order valence-corrected chi connectivity index (χ1v) is 20.7. The molecule has 5 rings (SSSR count). The van der Waals surface area contributed by atoms with Crippen LogP contribution in [0.5, 0.6) is 5.75 Å². The number of rotatable bonds is 17. The molecular weight excluding hydrogens is 861 g/mol. The molecule has 4 aromatic rings. The minimum absolute atomic E-state index is 0.0283. The van der Waals surface area contributed by atoms with Crippen LogP contribution in [0.1, 0.15) is 108 Å². The van der Waals surface area contributed by atoms with Crippen molar-refractivity contribution >= 4 is 53.5 Å². The van der Waals surface area contributed by atoms with Crippen molar-refractivity contribution in [2.45, 2.75) is 85.8 Å². The number of benzene rings is 2. The molecule has 5 N–H and O–H groups in total. The molecule has 2 unspecified atom stereocenters. The number of methoxy groups -OCH3 is 1. The van der Waals surface area contributed by atoms with Crippen molar-refractivity contribution in [2.75, 3.05) is 19.0 Å². The molecule has 20 nitrogen and oxygen atoms in total. The third-order valence-electron chi connectivity index (χ3n) is 9.67. The van der Waals surface area contributed by atoms with Gasteiger partial charge in [0, 0.05) is 47.0 Å². The number of nitrogens with one attached hydrogen (secondary N) is 5. The van der Waals surface area contributed by atoms with Gasteiger partial charge in [-0.2, -0.15) is 0 Å². The number of ether oxygens (including phenoxy) is 5. The number of amidine groups is 1. The molecule has 1 aliphatic carbocycles. The highest BCUT2D eigenvalue weighted by Gasteiger charge is 2.31. The second kappa shape index (κ2) is 21.3. The molecule has 0 bridgehead atoms. The summed E-state index contributed by atoms with van der Waals surface area (Å²) in [5, 5.41) is 18.7. The number of hydrogen-bond acceptors (Lipinski definition) is 16. The Morgan fingerprint density at radius 3 is 2.23 bits per heavy atom. The number of hydrogen-bond donors (Lipinski definition) is 5. The first kappa shape index (κ1) is 49.2. The van der Waals surface area contributed by atoms with Crippen LogP contribution in [0.15, 0.2) is 68.7 Å². The summed E-state index contributed by atoms with van der Waals surface area (Å²) in [6.07, 6.45) is 0.101. The fraction of sp³-hybridized carbons (Fsp3) is 0.370. The van der Waals surface area contributed by atoms with Crippen LogP contribution in [0.2, 0.25) is 0 Å². The first-order chi connectivity index (χ1) is 31.2. The van der Waals surface area contributed by atoms with E-state index in [9.17, 15) is 33.6 Å². The third-order valence-corrected chi connectivity index (χ3v) is 9.67. The van der Waals surface area contributed by atoms with Crippen LogP contribution in [0.25, 0.3) is 17.2 Å². The van der Waals surface area contributed by atoms with E-state index in [4.69, 9.17) is 37.9 Å². The highest BCUT2D eigenvalue weighted by atomic mass is 16.7. The molecular formula is C46H52N6O14. The van der Waals surface area contributed by atoms with E-state index in [1.165, 1.54) is 75.6 Å². The Kier molecular flexibility index (Phi) is 15.9. The number of aryl methyl sites for hydroxylation is 1. The largest absolute Gasteiger partial charge is 0.519 e. The van der Waals surface area contributed by atoms with Crippen LogP contribution >= 0.6 is 0 Å². The number of carbonyl (C=O) groups excluding carboxylic acids is 6. The minimum atomic E-state index is -1.41. The SMILES string of the molecule is C=Cc1cc(C(=O)Nc2ccc(C(=N)NC(=O)OC(C)OC(=O)C(NC(=O)OC(C)(C)C)C(C)C)cc2)c(-c2ccc(C(=O)NCC3CC3)nc2C(=O)OCc2oc(=O)oc2C)cc1OC. The third kappa shape index (κ3) is 13.4. The fourth-order valence-electron chi connectivity index (χ4n) is 6.12. The predicted molar refractivity (Wildman–Crippen MR) is 237 cm³/mol. The van der Waals surface area contributed by atoms with Crippen LogP contribution in [0.3, 0.4) is 0 Å². The monoisotopic (exact) mass is 912 g/mol. The smallest absolute Gasteiger partial charge is 0.496 e. The Bertz CT molecular complexity index is 2570. The lowest BCUT2D eigenvalue weighted by Crippen LogP contribution is -2.48. The summed E-state index contributed by atoms with van der Waals surface area (Å²) >= 11 is 0. The molecule has 2 heterocycles. The molecule has 0 saturated heterocycles. The summed E-state index contributed by atoms with van der Waals surface area (Å²) < 4.78 is 36.5. The Hall–Kier alpha value is -7.77. The standard InChI is InChI=1S/C46H52N6O14/c1-10-27-19-32(31(20-34(27)60-9)30-17-18-33(40(54)48-21-26-11-12-26)50-37(30)41(55)61-22-35-24(4)62-45(59)65-35)39(53)49-29-15-13-28(14-16-29)38(47)52-43(57)64-25(5)63-42(56)36(23(2)3)51-44(58)66-46(6,7)8/h10,13-20,23,25-26,36H,1,11-12,21-22H2,2-9H3,(H,48,54)(H,49,53)(H,51,58)(H2,47,52,57). The molecule has 0 aliphatic heterocycles. The van der Waals surface area contributed by atoms with E-state index in [-0.39, 0.29) is 56.6 Å². The van der Waals surface area contributed by atoms with E-state index in [0.29, 0.717) is 18.0 Å². The molecule has 1 aliphatic rings. The van der Waals surface area contributed by atoms with Crippen molar-refractivity contribution in [3.05, 3.63) is 105 Å². The van der Waals surface area contributed by atoms with Gasteiger partial charge < -0.3 is 48.5 Å². The van der Waals surface area contributed by atoms with Gasteiger partial charge in [-0.15, -0.1) is 0 Å². The zero-order chi connectivity index (χ0) is 48.5. The van der Waals surface area contributed by atoms with Crippen molar-refractivity contribution in [2.24, 2.45) is 11.8 Å². The van der Waals surface area contributed by atoms with Crippen LogP contribution < -0.4 is 31.8 Å². The van der Waals surface area contributed by atoms with Gasteiger partial charge in [-0.1, -0.05) is 26.5 Å². The molecule has 1 fully saturated rings. The molecule has 1 saturated carbocycles. The summed E-state index contributed by atoms with van der Waals surface area (Å²) in [5.74, 6) is -4.14. The first-order valence-electron chi connectivity index (χ1n) is 20.7. The van der Waals surface area contributed by atoms with E-state index >= 15 is 0 Å². The van der Waals surface area contributed by atoms with Crippen LogP contribution in [-0.2, 0) is 30.3 Å². The van der Waals surface area contributed by atoms with Crippen molar-refractivity contribution in [3.63, 3.8) is 0 Å². The number of anilines is 1. The van der Waals surface area contributed by atoms with Crippen LogP contribution in [0.4, 0.5) is 15.3 Å². The topological polar surface area (TPSA) is 277 Å². The van der Waals surface area contributed by atoms with Gasteiger partial charge in [0.1, 0.15) is 28.9 Å². The highest BCUT2D eigenvalue weighted by molar-refractivity contribution is 6.11. The molecule has 2 atom stereocenters. The molecule has 20 heteroatoms. The molecule has 0 spiro atoms. The van der Waals surface area contributed by atoms with Crippen LogP contribution in [0, 0.1) is 24.2 Å². The summed E-state index contributed by atoms with van der Waals surface area (Å²) in [6.45, 7) is 14.9. The molecule has 350 valence electrons. The van der Waals surface area contributed by atoms with Crippen molar-refractivity contribution in [1.82, 2.24) is 20.9 Å². The Labute approximate surface area is 379 Å². The van der Waals surface area contributed by atoms with Crippen LogP contribution in [-0.4, -0.2) is 78.3 Å². The molecule has 66 heavy (non-hydrogen) atoms. The minimum Gasteiger partial charge on any atom is -0.496 e. The van der Waals surface area contributed by atoms with Crippen molar-refractivity contribution < 1.29 is 61.3 Å². The van der Waals surface area contributed by atoms with Gasteiger partial charge in [0.25, 0.3) is 11.8 Å². The van der Waals surface area contributed by atoms with Crippen molar-refractivity contribution in [3.8, 4) is 16.9 Å². The number of alkyl carbamates (subject to hydrolysis) is 2. The van der Waals surface area contributed by atoms with E-state index < -0.39 is 78.1 Å². The summed E-state index contributed by atoms with van der Waals surface area (Å²) in [7, 11) is 1.41. The Morgan fingerprint density at radius 2 is 1.64 bits per heavy atom. The maximum atomic E-state index is 14.2. The normalized spacial score (nSPS) is 13.0. The van der Waals surface area contributed by atoms with E-state index in [2.05, 4.69) is 32.8 Å². The van der Waals surface area contributed by atoms with Gasteiger partial charge in [0.05, 0.1) is 7.11 Å². The molecule has 2 aromatic heterocycles. The van der Waals surface area contributed by atoms with Crippen molar-refractivity contribution in [1.29, 1.82) is 5.41 Å².